The van der Waals surface area contributed by atoms with Gasteiger partial charge in [0.2, 0.25) is 0 Å². The summed E-state index contributed by atoms with van der Waals surface area (Å²) in [6.45, 7) is 2.62. The van der Waals surface area contributed by atoms with Crippen LogP contribution in [0.1, 0.15) is 13.3 Å². The molecule has 1 N–H and O–H groups in total. The van der Waals surface area contributed by atoms with Gasteiger partial charge in [0, 0.05) is 31.5 Å². The Labute approximate surface area is 104 Å². The molecule has 1 aromatic rings. The van der Waals surface area contributed by atoms with E-state index in [9.17, 15) is 8.78 Å². The summed E-state index contributed by atoms with van der Waals surface area (Å²) < 4.78 is 39.3. The summed E-state index contributed by atoms with van der Waals surface area (Å²) in [5.41, 5.74) is 0.707. The van der Waals surface area contributed by atoms with Crippen molar-refractivity contribution in [3.63, 3.8) is 0 Å². The van der Waals surface area contributed by atoms with Crippen LogP contribution in [0.15, 0.2) is 18.2 Å². The molecule has 2 rings (SSSR count). The molecular weight excluding hydrogens is 244 g/mol. The molecule has 6 heteroatoms. The van der Waals surface area contributed by atoms with Crippen molar-refractivity contribution >= 4 is 5.69 Å². The average molecular weight is 259 g/mol. The van der Waals surface area contributed by atoms with E-state index in [0.717, 1.165) is 6.42 Å². The van der Waals surface area contributed by atoms with Crippen molar-refractivity contribution < 1.29 is 23.0 Å². The first-order chi connectivity index (χ1) is 8.50. The molecule has 18 heavy (non-hydrogen) atoms. The Balaban J connectivity index is 2.00. The third-order valence-corrected chi connectivity index (χ3v) is 2.57. The van der Waals surface area contributed by atoms with Crippen LogP contribution in [0.5, 0.6) is 11.5 Å². The van der Waals surface area contributed by atoms with Crippen molar-refractivity contribution in [2.24, 2.45) is 0 Å². The Morgan fingerprint density at radius 2 is 2.06 bits per heavy atom. The van der Waals surface area contributed by atoms with Gasteiger partial charge in [-0.1, -0.05) is 0 Å². The van der Waals surface area contributed by atoms with Crippen molar-refractivity contribution in [2.45, 2.75) is 25.7 Å². The Hall–Kier alpha value is -1.56. The van der Waals surface area contributed by atoms with Crippen molar-refractivity contribution in [3.05, 3.63) is 18.2 Å². The number of anilines is 1. The summed E-state index contributed by atoms with van der Waals surface area (Å²) in [6, 6.07) is 4.81. The van der Waals surface area contributed by atoms with E-state index >= 15 is 0 Å². The lowest BCUT2D eigenvalue weighted by Gasteiger charge is -2.14. The van der Waals surface area contributed by atoms with Crippen LogP contribution >= 0.6 is 0 Å². The molecule has 0 spiro atoms. The molecule has 0 fully saturated rings. The highest BCUT2D eigenvalue weighted by Crippen LogP contribution is 2.42. The maximum Gasteiger partial charge on any atom is 0.586 e. The smallest absolute Gasteiger partial charge is 0.395 e. The van der Waals surface area contributed by atoms with E-state index in [1.165, 1.54) is 12.1 Å². The molecule has 0 bridgehead atoms. The van der Waals surface area contributed by atoms with E-state index < -0.39 is 6.29 Å². The minimum Gasteiger partial charge on any atom is -0.395 e. The van der Waals surface area contributed by atoms with Gasteiger partial charge in [-0.05, 0) is 25.5 Å². The fourth-order valence-electron chi connectivity index (χ4n) is 1.69. The first-order valence-electron chi connectivity index (χ1n) is 5.65. The van der Waals surface area contributed by atoms with Crippen molar-refractivity contribution in [3.8, 4) is 11.5 Å². The highest BCUT2D eigenvalue weighted by molar-refractivity contribution is 5.56. The summed E-state index contributed by atoms with van der Waals surface area (Å²) in [5.74, 6) is 0.0963. The maximum absolute atomic E-state index is 12.8. The third kappa shape index (κ3) is 3.01. The Morgan fingerprint density at radius 3 is 2.78 bits per heavy atom. The SMILES string of the molecule is COCCC(C)Nc1ccc2c(c1)OC(F)(F)O2. The predicted molar refractivity (Wildman–Crippen MR) is 62.2 cm³/mol. The van der Waals surface area contributed by atoms with Gasteiger partial charge in [-0.25, -0.2) is 0 Å². The van der Waals surface area contributed by atoms with E-state index in [2.05, 4.69) is 14.8 Å². The zero-order chi connectivity index (χ0) is 13.2. The van der Waals surface area contributed by atoms with E-state index in [1.54, 1.807) is 13.2 Å². The summed E-state index contributed by atoms with van der Waals surface area (Å²) in [5, 5.41) is 3.17. The fourth-order valence-corrected chi connectivity index (χ4v) is 1.69. The van der Waals surface area contributed by atoms with Crippen LogP contribution in [0.4, 0.5) is 14.5 Å². The number of ether oxygens (including phenoxy) is 3. The number of hydrogen-bond donors (Lipinski definition) is 1. The molecule has 1 atom stereocenters. The molecule has 0 amide bonds. The molecule has 4 nitrogen and oxygen atoms in total. The molecule has 0 aliphatic carbocycles. The molecule has 100 valence electrons. The fraction of sp³-hybridized carbons (Fsp3) is 0.500. The Bertz CT molecular complexity index is 426. The van der Waals surface area contributed by atoms with Crippen LogP contribution in [0.3, 0.4) is 0 Å². The standard InChI is InChI=1S/C12H15F2NO3/c1-8(5-6-16-2)15-9-3-4-10-11(7-9)18-12(13,14)17-10/h3-4,7-8,15H,5-6H2,1-2H3. The molecule has 1 aliphatic heterocycles. The van der Waals surface area contributed by atoms with Crippen LogP contribution < -0.4 is 14.8 Å². The largest absolute Gasteiger partial charge is 0.586 e. The molecule has 0 saturated heterocycles. The molecule has 0 aromatic heterocycles. The maximum atomic E-state index is 12.8. The minimum atomic E-state index is -3.57. The second-order valence-electron chi connectivity index (χ2n) is 4.16. The van der Waals surface area contributed by atoms with Gasteiger partial charge >= 0.3 is 6.29 Å². The Morgan fingerprint density at radius 1 is 1.33 bits per heavy atom. The van der Waals surface area contributed by atoms with Crippen LogP contribution in [-0.4, -0.2) is 26.1 Å². The zero-order valence-corrected chi connectivity index (χ0v) is 10.2. The van der Waals surface area contributed by atoms with Crippen LogP contribution in [0.2, 0.25) is 0 Å². The van der Waals surface area contributed by atoms with E-state index in [1.807, 2.05) is 6.92 Å². The number of hydrogen-bond acceptors (Lipinski definition) is 4. The van der Waals surface area contributed by atoms with Gasteiger partial charge < -0.3 is 19.5 Å². The van der Waals surface area contributed by atoms with Gasteiger partial charge in [0.15, 0.2) is 11.5 Å². The van der Waals surface area contributed by atoms with Crippen LogP contribution in [0.25, 0.3) is 0 Å². The lowest BCUT2D eigenvalue weighted by molar-refractivity contribution is -0.286. The summed E-state index contributed by atoms with van der Waals surface area (Å²) in [7, 11) is 1.63. The Kier molecular flexibility index (Phi) is 3.56. The van der Waals surface area contributed by atoms with E-state index in [-0.39, 0.29) is 17.5 Å². The summed E-state index contributed by atoms with van der Waals surface area (Å²) >= 11 is 0. The highest BCUT2D eigenvalue weighted by Gasteiger charge is 2.43. The first kappa shape index (κ1) is 12.9. The average Bonchev–Trinajstić information content (AvgIpc) is 2.59. The van der Waals surface area contributed by atoms with Crippen LogP contribution in [0, 0.1) is 0 Å². The van der Waals surface area contributed by atoms with Gasteiger partial charge in [-0.3, -0.25) is 0 Å². The molecule has 1 unspecified atom stereocenters. The van der Waals surface area contributed by atoms with Gasteiger partial charge in [0.25, 0.3) is 0 Å². The second-order valence-corrected chi connectivity index (χ2v) is 4.16. The van der Waals surface area contributed by atoms with Crippen molar-refractivity contribution in [1.29, 1.82) is 0 Å². The number of halogens is 2. The summed E-state index contributed by atoms with van der Waals surface area (Å²) in [4.78, 5) is 0. The quantitative estimate of drug-likeness (QED) is 0.882. The number of rotatable bonds is 5. The predicted octanol–water partition coefficient (Wildman–Crippen LogP) is 2.85. The summed E-state index contributed by atoms with van der Waals surface area (Å²) in [6.07, 6.45) is -2.75. The number of nitrogens with one attached hydrogen (secondary N) is 1. The molecule has 1 aromatic carbocycles. The molecule has 0 radical (unpaired) electrons. The van der Waals surface area contributed by atoms with Gasteiger partial charge in [-0.15, -0.1) is 8.78 Å². The normalized spacial score (nSPS) is 17.6. The number of methoxy groups -OCH3 is 1. The lowest BCUT2D eigenvalue weighted by Crippen LogP contribution is -2.25. The zero-order valence-electron chi connectivity index (χ0n) is 10.2. The van der Waals surface area contributed by atoms with Crippen LogP contribution in [-0.2, 0) is 4.74 Å². The first-order valence-corrected chi connectivity index (χ1v) is 5.65. The number of alkyl halides is 2. The van der Waals surface area contributed by atoms with E-state index in [0.29, 0.717) is 12.3 Å². The third-order valence-electron chi connectivity index (χ3n) is 2.57. The molecular formula is C12H15F2NO3. The topological polar surface area (TPSA) is 39.7 Å². The lowest BCUT2D eigenvalue weighted by atomic mass is 10.2. The number of fused-ring (bicyclic) bond motifs is 1. The number of benzene rings is 1. The molecule has 0 saturated carbocycles. The van der Waals surface area contributed by atoms with Crippen molar-refractivity contribution in [2.75, 3.05) is 19.0 Å². The second kappa shape index (κ2) is 4.97. The van der Waals surface area contributed by atoms with Gasteiger partial charge in [0.1, 0.15) is 0 Å². The minimum absolute atomic E-state index is 0.0453. The van der Waals surface area contributed by atoms with Gasteiger partial charge in [-0.2, -0.15) is 0 Å². The highest BCUT2D eigenvalue weighted by atomic mass is 19.3. The van der Waals surface area contributed by atoms with Gasteiger partial charge in [0.05, 0.1) is 0 Å². The molecule has 1 aliphatic rings. The van der Waals surface area contributed by atoms with E-state index in [4.69, 9.17) is 4.74 Å². The molecule has 1 heterocycles. The van der Waals surface area contributed by atoms with Crippen molar-refractivity contribution in [1.82, 2.24) is 0 Å². The monoisotopic (exact) mass is 259 g/mol.